The van der Waals surface area contributed by atoms with Crippen molar-refractivity contribution in [3.8, 4) is 6.07 Å². The molecule has 2 aromatic rings. The Bertz CT molecular complexity index is 712. The Morgan fingerprint density at radius 1 is 1.33 bits per heavy atom. The molecule has 21 heavy (non-hydrogen) atoms. The predicted molar refractivity (Wildman–Crippen MR) is 89.1 cm³/mol. The second-order valence-corrected chi connectivity index (χ2v) is 6.11. The molecule has 6 heteroatoms. The minimum atomic E-state index is -0.179. The normalized spacial score (nSPS) is 9.90. The molecular weight excluding hydrogens is 350 g/mol. The zero-order chi connectivity index (χ0) is 15.2. The van der Waals surface area contributed by atoms with Gasteiger partial charge in [0.05, 0.1) is 17.0 Å². The highest BCUT2D eigenvalue weighted by molar-refractivity contribution is 9.10. The first-order chi connectivity index (χ1) is 10.1. The number of nitrogens with one attached hydrogen (secondary N) is 1. The lowest BCUT2D eigenvalue weighted by molar-refractivity contribution is -0.113. The first-order valence-electron chi connectivity index (χ1n) is 6.07. The number of carbonyl (C=O) groups is 1. The Hall–Kier alpha value is -1.97. The number of nitrogens with zero attached hydrogens (tertiary/aromatic N) is 1. The number of rotatable bonds is 4. The third kappa shape index (κ3) is 4.25. The molecule has 106 valence electrons. The van der Waals surface area contributed by atoms with E-state index in [0.29, 0.717) is 16.9 Å². The summed E-state index contributed by atoms with van der Waals surface area (Å²) in [6.45, 7) is 0. The number of para-hydroxylation sites is 1. The van der Waals surface area contributed by atoms with Crippen molar-refractivity contribution in [3.63, 3.8) is 0 Å². The molecule has 0 unspecified atom stereocenters. The van der Waals surface area contributed by atoms with Gasteiger partial charge in [0.2, 0.25) is 5.91 Å². The number of nitrogens with two attached hydrogens (primary N) is 1. The van der Waals surface area contributed by atoms with E-state index in [4.69, 9.17) is 11.0 Å². The highest BCUT2D eigenvalue weighted by atomic mass is 79.9. The van der Waals surface area contributed by atoms with Gasteiger partial charge in [0.15, 0.2) is 0 Å². The lowest BCUT2D eigenvalue weighted by Crippen LogP contribution is -2.15. The fourth-order valence-electron chi connectivity index (χ4n) is 1.65. The summed E-state index contributed by atoms with van der Waals surface area (Å²) >= 11 is 4.72. The van der Waals surface area contributed by atoms with Crippen molar-refractivity contribution in [2.24, 2.45) is 0 Å². The monoisotopic (exact) mass is 361 g/mol. The third-order valence-electron chi connectivity index (χ3n) is 2.66. The van der Waals surface area contributed by atoms with Crippen molar-refractivity contribution in [2.75, 3.05) is 16.8 Å². The van der Waals surface area contributed by atoms with Crippen molar-refractivity contribution >= 4 is 45.0 Å². The second kappa shape index (κ2) is 7.16. The second-order valence-electron chi connectivity index (χ2n) is 4.18. The van der Waals surface area contributed by atoms with E-state index >= 15 is 0 Å². The molecule has 0 bridgehead atoms. The number of nitriles is 1. The third-order valence-corrected chi connectivity index (χ3v) is 4.22. The molecule has 1 amide bonds. The predicted octanol–water partition coefficient (Wildman–Crippen LogP) is 3.63. The summed E-state index contributed by atoms with van der Waals surface area (Å²) in [4.78, 5) is 12.8. The van der Waals surface area contributed by atoms with E-state index in [1.807, 2.05) is 18.2 Å². The maximum atomic E-state index is 12.0. The average Bonchev–Trinajstić information content (AvgIpc) is 2.49. The maximum absolute atomic E-state index is 12.0. The van der Waals surface area contributed by atoms with Gasteiger partial charge in [-0.05, 0) is 30.3 Å². The first-order valence-corrected chi connectivity index (χ1v) is 7.85. The number of carbonyl (C=O) groups excluding carboxylic acids is 1. The molecule has 0 aromatic heterocycles. The molecule has 0 aliphatic carbocycles. The zero-order valence-electron chi connectivity index (χ0n) is 11.0. The van der Waals surface area contributed by atoms with Crippen LogP contribution in [0, 0.1) is 11.3 Å². The lowest BCUT2D eigenvalue weighted by Gasteiger charge is -2.08. The van der Waals surface area contributed by atoms with Crippen LogP contribution in [0.4, 0.5) is 11.4 Å². The van der Waals surface area contributed by atoms with Crippen LogP contribution in [0.3, 0.4) is 0 Å². The number of amides is 1. The van der Waals surface area contributed by atoms with Crippen LogP contribution >= 0.6 is 27.7 Å². The summed E-state index contributed by atoms with van der Waals surface area (Å²) in [5.41, 5.74) is 7.45. The molecule has 0 saturated carbocycles. The molecule has 0 fully saturated rings. The van der Waals surface area contributed by atoms with Gasteiger partial charge in [0, 0.05) is 15.1 Å². The van der Waals surface area contributed by atoms with E-state index in [1.54, 1.807) is 30.3 Å². The Labute approximate surface area is 135 Å². The summed E-state index contributed by atoms with van der Waals surface area (Å²) in [6.07, 6.45) is 0. The SMILES string of the molecule is N#Cc1ccccc1NC(=O)CSc1cc(Br)ccc1N. The van der Waals surface area contributed by atoms with Crippen LogP contribution in [0.1, 0.15) is 5.56 Å². The Morgan fingerprint density at radius 2 is 2.10 bits per heavy atom. The summed E-state index contributed by atoms with van der Waals surface area (Å²) in [5.74, 6) is 0.0440. The van der Waals surface area contributed by atoms with Gasteiger partial charge in [-0.2, -0.15) is 5.26 Å². The summed E-state index contributed by atoms with van der Waals surface area (Å²) < 4.78 is 0.912. The summed E-state index contributed by atoms with van der Waals surface area (Å²) in [5, 5.41) is 11.7. The smallest absolute Gasteiger partial charge is 0.234 e. The van der Waals surface area contributed by atoms with Gasteiger partial charge in [0.25, 0.3) is 0 Å². The van der Waals surface area contributed by atoms with Crippen LogP contribution in [-0.4, -0.2) is 11.7 Å². The quantitative estimate of drug-likeness (QED) is 0.643. The topological polar surface area (TPSA) is 78.9 Å². The van der Waals surface area contributed by atoms with Gasteiger partial charge in [0.1, 0.15) is 6.07 Å². The van der Waals surface area contributed by atoms with Crippen molar-refractivity contribution in [1.29, 1.82) is 5.26 Å². The molecule has 4 nitrogen and oxygen atoms in total. The average molecular weight is 362 g/mol. The van der Waals surface area contributed by atoms with Gasteiger partial charge in [-0.15, -0.1) is 11.8 Å². The minimum absolute atomic E-state index is 0.179. The van der Waals surface area contributed by atoms with Crippen molar-refractivity contribution in [3.05, 3.63) is 52.5 Å². The van der Waals surface area contributed by atoms with E-state index in [1.165, 1.54) is 11.8 Å². The van der Waals surface area contributed by atoms with Crippen LogP contribution in [0.15, 0.2) is 51.8 Å². The molecule has 2 rings (SSSR count). The van der Waals surface area contributed by atoms with Crippen molar-refractivity contribution in [1.82, 2.24) is 0 Å². The highest BCUT2D eigenvalue weighted by Crippen LogP contribution is 2.28. The molecule has 0 aliphatic heterocycles. The van der Waals surface area contributed by atoms with E-state index < -0.39 is 0 Å². The number of nitrogen functional groups attached to an aromatic ring is 1. The zero-order valence-corrected chi connectivity index (χ0v) is 13.4. The minimum Gasteiger partial charge on any atom is -0.398 e. The number of anilines is 2. The molecule has 0 saturated heterocycles. The number of benzene rings is 2. The fourth-order valence-corrected chi connectivity index (χ4v) is 2.97. The van der Waals surface area contributed by atoms with Crippen LogP contribution in [0.25, 0.3) is 0 Å². The van der Waals surface area contributed by atoms with Crippen LogP contribution in [-0.2, 0) is 4.79 Å². The van der Waals surface area contributed by atoms with Gasteiger partial charge in [-0.3, -0.25) is 4.79 Å². The van der Waals surface area contributed by atoms with Gasteiger partial charge in [-0.25, -0.2) is 0 Å². The lowest BCUT2D eigenvalue weighted by atomic mass is 10.2. The van der Waals surface area contributed by atoms with E-state index in [-0.39, 0.29) is 11.7 Å². The van der Waals surface area contributed by atoms with Gasteiger partial charge >= 0.3 is 0 Å². The molecule has 0 spiro atoms. The number of hydrogen-bond donors (Lipinski definition) is 2. The number of hydrogen-bond acceptors (Lipinski definition) is 4. The summed E-state index contributed by atoms with van der Waals surface area (Å²) in [6, 6.07) is 14.4. The molecule has 0 atom stereocenters. The van der Waals surface area contributed by atoms with E-state index in [2.05, 4.69) is 21.2 Å². The van der Waals surface area contributed by atoms with Gasteiger partial charge < -0.3 is 11.1 Å². The fraction of sp³-hybridized carbons (Fsp3) is 0.0667. The molecule has 2 aromatic carbocycles. The molecule has 0 heterocycles. The first kappa shape index (κ1) is 15.4. The Morgan fingerprint density at radius 3 is 2.86 bits per heavy atom. The van der Waals surface area contributed by atoms with Crippen molar-refractivity contribution < 1.29 is 4.79 Å². The molecular formula is C15H12BrN3OS. The molecule has 0 aliphatic rings. The largest absolute Gasteiger partial charge is 0.398 e. The van der Waals surface area contributed by atoms with Crippen LogP contribution in [0.2, 0.25) is 0 Å². The van der Waals surface area contributed by atoms with Crippen LogP contribution < -0.4 is 11.1 Å². The summed E-state index contributed by atoms with van der Waals surface area (Å²) in [7, 11) is 0. The Balaban J connectivity index is 2.00. The Kier molecular flexibility index (Phi) is 5.26. The van der Waals surface area contributed by atoms with E-state index in [0.717, 1.165) is 9.37 Å². The van der Waals surface area contributed by atoms with Crippen molar-refractivity contribution in [2.45, 2.75) is 4.90 Å². The standard InChI is InChI=1S/C15H12BrN3OS/c16-11-5-6-12(18)14(7-11)21-9-15(20)19-13-4-2-1-3-10(13)8-17/h1-7H,9,18H2,(H,19,20). The maximum Gasteiger partial charge on any atom is 0.234 e. The number of thioether (sulfide) groups is 1. The number of halogens is 1. The van der Waals surface area contributed by atoms with Gasteiger partial charge in [-0.1, -0.05) is 28.1 Å². The van der Waals surface area contributed by atoms with E-state index in [9.17, 15) is 4.79 Å². The molecule has 3 N–H and O–H groups in total. The van der Waals surface area contributed by atoms with Crippen LogP contribution in [0.5, 0.6) is 0 Å². The molecule has 0 radical (unpaired) electrons. The highest BCUT2D eigenvalue weighted by Gasteiger charge is 2.08.